The van der Waals surface area contributed by atoms with Crippen LogP contribution in [0.2, 0.25) is 0 Å². The van der Waals surface area contributed by atoms with Gasteiger partial charge in [0.05, 0.1) is 6.20 Å². The molecule has 1 saturated heterocycles. The number of rotatable bonds is 8. The number of likely N-dealkylation sites (tertiary alicyclic amines) is 1. The number of hydrogen-bond donors (Lipinski definition) is 1. The van der Waals surface area contributed by atoms with Crippen LogP contribution in [0.5, 0.6) is 0 Å². The lowest BCUT2D eigenvalue weighted by Gasteiger charge is -2.39. The lowest BCUT2D eigenvalue weighted by molar-refractivity contribution is -0.140. The third-order valence-electron chi connectivity index (χ3n) is 7.69. The Balaban J connectivity index is 1.27. The van der Waals surface area contributed by atoms with E-state index < -0.39 is 0 Å². The molecule has 0 radical (unpaired) electrons. The van der Waals surface area contributed by atoms with Crippen LogP contribution < -0.4 is 0 Å². The summed E-state index contributed by atoms with van der Waals surface area (Å²) in [6.07, 6.45) is 15.3. The highest BCUT2D eigenvalue weighted by atomic mass is 16.5. The minimum Gasteiger partial charge on any atom is -0.385 e. The third-order valence-corrected chi connectivity index (χ3v) is 7.69. The number of aryl methyl sites for hydroxylation is 1. The molecule has 1 amide bonds. The Morgan fingerprint density at radius 2 is 2.13 bits per heavy atom. The lowest BCUT2D eigenvalue weighted by atomic mass is 9.79. The second-order valence-corrected chi connectivity index (χ2v) is 9.64. The van der Waals surface area contributed by atoms with Crippen LogP contribution in [0.15, 0.2) is 18.0 Å². The molecule has 2 fully saturated rings. The molecule has 30 heavy (non-hydrogen) atoms. The SMILES string of the molecule is COCCCCN1CCC2C1=CCCC2C(=O)N(C1CC1)C1CCc2[nH]ncc2C1. The van der Waals surface area contributed by atoms with E-state index >= 15 is 0 Å². The van der Waals surface area contributed by atoms with Crippen LogP contribution in [0.1, 0.15) is 62.6 Å². The number of aromatic amines is 1. The van der Waals surface area contributed by atoms with Crippen molar-refractivity contribution in [3.8, 4) is 0 Å². The molecule has 6 heteroatoms. The zero-order valence-corrected chi connectivity index (χ0v) is 18.3. The summed E-state index contributed by atoms with van der Waals surface area (Å²) in [6, 6.07) is 0.841. The maximum Gasteiger partial charge on any atom is 0.226 e. The van der Waals surface area contributed by atoms with Crippen molar-refractivity contribution >= 4 is 5.91 Å². The minimum atomic E-state index is 0.181. The second-order valence-electron chi connectivity index (χ2n) is 9.64. The normalized spacial score (nSPS) is 28.1. The molecule has 6 nitrogen and oxygen atoms in total. The van der Waals surface area contributed by atoms with E-state index in [1.807, 2.05) is 6.20 Å². The molecule has 2 heterocycles. The number of carbonyl (C=O) groups excluding carboxylic acids is 1. The van der Waals surface area contributed by atoms with Gasteiger partial charge in [-0.25, -0.2) is 0 Å². The molecular formula is C24H36N4O2. The molecule has 4 aliphatic rings. The van der Waals surface area contributed by atoms with Gasteiger partial charge in [0.15, 0.2) is 0 Å². The number of allylic oxidation sites excluding steroid dienone is 2. The first-order chi connectivity index (χ1) is 14.8. The first kappa shape index (κ1) is 20.1. The molecule has 5 rings (SSSR count). The van der Waals surface area contributed by atoms with Crippen LogP contribution in [0, 0.1) is 11.8 Å². The van der Waals surface area contributed by atoms with Gasteiger partial charge in [0.2, 0.25) is 5.91 Å². The number of hydrogen-bond acceptors (Lipinski definition) is 4. The molecule has 3 aliphatic carbocycles. The number of nitrogens with zero attached hydrogens (tertiary/aromatic N) is 3. The van der Waals surface area contributed by atoms with Crippen molar-refractivity contribution in [3.63, 3.8) is 0 Å². The molecule has 0 aromatic carbocycles. The van der Waals surface area contributed by atoms with Crippen molar-refractivity contribution in [2.24, 2.45) is 11.8 Å². The number of fused-ring (bicyclic) bond motifs is 2. The van der Waals surface area contributed by atoms with Gasteiger partial charge in [-0.1, -0.05) is 6.08 Å². The van der Waals surface area contributed by atoms with Crippen LogP contribution in [0.4, 0.5) is 0 Å². The Labute approximate surface area is 180 Å². The first-order valence-corrected chi connectivity index (χ1v) is 12.0. The number of nitrogens with one attached hydrogen (secondary N) is 1. The fourth-order valence-corrected chi connectivity index (χ4v) is 6.03. The van der Waals surface area contributed by atoms with Crippen molar-refractivity contribution in [2.45, 2.75) is 76.3 Å². The highest BCUT2D eigenvalue weighted by Crippen LogP contribution is 2.43. The summed E-state index contributed by atoms with van der Waals surface area (Å²) in [4.78, 5) is 18.8. The fourth-order valence-electron chi connectivity index (χ4n) is 6.03. The topological polar surface area (TPSA) is 61.5 Å². The van der Waals surface area contributed by atoms with Gasteiger partial charge < -0.3 is 14.5 Å². The monoisotopic (exact) mass is 412 g/mol. The molecular weight excluding hydrogens is 376 g/mol. The van der Waals surface area contributed by atoms with Gasteiger partial charge >= 0.3 is 0 Å². The molecule has 1 aromatic rings. The molecule has 3 unspecified atom stereocenters. The van der Waals surface area contributed by atoms with Gasteiger partial charge in [0, 0.05) is 62.1 Å². The number of ether oxygens (including phenoxy) is 1. The van der Waals surface area contributed by atoms with Crippen LogP contribution in [0.3, 0.4) is 0 Å². The van der Waals surface area contributed by atoms with E-state index in [9.17, 15) is 4.79 Å². The molecule has 164 valence electrons. The lowest BCUT2D eigenvalue weighted by Crippen LogP contribution is -2.49. The Morgan fingerprint density at radius 3 is 2.97 bits per heavy atom. The number of carbonyl (C=O) groups is 1. The Kier molecular flexibility index (Phi) is 5.85. The quantitative estimate of drug-likeness (QED) is 0.666. The fraction of sp³-hybridized carbons (Fsp3) is 0.750. The first-order valence-electron chi connectivity index (χ1n) is 12.0. The van der Waals surface area contributed by atoms with Gasteiger partial charge in [-0.2, -0.15) is 5.10 Å². The predicted octanol–water partition coefficient (Wildman–Crippen LogP) is 3.30. The number of H-pyrrole nitrogens is 1. The molecule has 0 spiro atoms. The van der Waals surface area contributed by atoms with Gasteiger partial charge in [-0.15, -0.1) is 0 Å². The van der Waals surface area contributed by atoms with Crippen LogP contribution in [-0.2, 0) is 22.4 Å². The van der Waals surface area contributed by atoms with Crippen molar-refractivity contribution in [1.82, 2.24) is 20.0 Å². The Bertz CT molecular complexity index is 784. The van der Waals surface area contributed by atoms with Crippen LogP contribution in [0.25, 0.3) is 0 Å². The average Bonchev–Trinajstić information content (AvgIpc) is 3.33. The zero-order chi connectivity index (χ0) is 20.5. The van der Waals surface area contributed by atoms with Crippen LogP contribution >= 0.6 is 0 Å². The highest BCUT2D eigenvalue weighted by Gasteiger charge is 2.46. The summed E-state index contributed by atoms with van der Waals surface area (Å²) < 4.78 is 5.20. The van der Waals surface area contributed by atoms with Gasteiger partial charge in [-0.3, -0.25) is 9.89 Å². The summed E-state index contributed by atoms with van der Waals surface area (Å²) in [5.74, 6) is 1.06. The molecule has 1 N–H and O–H groups in total. The summed E-state index contributed by atoms with van der Waals surface area (Å²) in [6.45, 7) is 3.05. The zero-order valence-electron chi connectivity index (χ0n) is 18.3. The van der Waals surface area contributed by atoms with Crippen molar-refractivity contribution in [3.05, 3.63) is 29.2 Å². The van der Waals surface area contributed by atoms with E-state index in [1.54, 1.807) is 7.11 Å². The molecule has 0 bridgehead atoms. The number of unbranched alkanes of at least 4 members (excludes halogenated alkanes) is 1. The molecule has 1 saturated carbocycles. The summed E-state index contributed by atoms with van der Waals surface area (Å²) >= 11 is 0. The predicted molar refractivity (Wildman–Crippen MR) is 116 cm³/mol. The summed E-state index contributed by atoms with van der Waals surface area (Å²) in [5, 5.41) is 7.37. The smallest absolute Gasteiger partial charge is 0.226 e. The Hall–Kier alpha value is -1.82. The van der Waals surface area contributed by atoms with E-state index in [1.165, 1.54) is 36.2 Å². The average molecular weight is 413 g/mol. The van der Waals surface area contributed by atoms with Gasteiger partial charge in [-0.05, 0) is 69.8 Å². The largest absolute Gasteiger partial charge is 0.385 e. The van der Waals surface area contributed by atoms with Gasteiger partial charge in [0.25, 0.3) is 0 Å². The highest BCUT2D eigenvalue weighted by molar-refractivity contribution is 5.81. The summed E-state index contributed by atoms with van der Waals surface area (Å²) in [7, 11) is 1.77. The third kappa shape index (κ3) is 3.91. The van der Waals surface area contributed by atoms with Crippen LogP contribution in [-0.4, -0.2) is 64.8 Å². The summed E-state index contributed by atoms with van der Waals surface area (Å²) in [5.41, 5.74) is 4.06. The number of amides is 1. The van der Waals surface area contributed by atoms with E-state index in [0.29, 0.717) is 23.9 Å². The molecule has 3 atom stereocenters. The minimum absolute atomic E-state index is 0.181. The van der Waals surface area contributed by atoms with E-state index in [4.69, 9.17) is 4.74 Å². The van der Waals surface area contributed by atoms with Gasteiger partial charge in [0.1, 0.15) is 0 Å². The van der Waals surface area contributed by atoms with Crippen molar-refractivity contribution in [2.75, 3.05) is 26.8 Å². The Morgan fingerprint density at radius 1 is 1.23 bits per heavy atom. The van der Waals surface area contributed by atoms with E-state index in [-0.39, 0.29) is 5.92 Å². The second kappa shape index (κ2) is 8.74. The molecule has 1 aliphatic heterocycles. The molecule has 1 aromatic heterocycles. The van der Waals surface area contributed by atoms with Crippen molar-refractivity contribution in [1.29, 1.82) is 0 Å². The standard InChI is InChI=1S/C24H36N4O2/c1-30-14-3-2-12-27-13-11-20-21(5-4-6-23(20)27)24(29)28(18-7-8-18)19-9-10-22-17(15-19)16-25-26-22/h6,16,18-21H,2-5,7-15H2,1H3,(H,25,26). The maximum atomic E-state index is 13.9. The van der Waals surface area contributed by atoms with E-state index in [0.717, 1.165) is 64.6 Å². The van der Waals surface area contributed by atoms with E-state index in [2.05, 4.69) is 26.1 Å². The number of aromatic nitrogens is 2. The van der Waals surface area contributed by atoms with Crippen molar-refractivity contribution < 1.29 is 9.53 Å². The maximum absolute atomic E-state index is 13.9. The number of methoxy groups -OCH3 is 1.